The summed E-state index contributed by atoms with van der Waals surface area (Å²) in [7, 11) is 0. The Bertz CT molecular complexity index is 962. The van der Waals surface area contributed by atoms with Crippen LogP contribution in [-0.2, 0) is 22.5 Å². The van der Waals surface area contributed by atoms with Gasteiger partial charge in [0, 0.05) is 36.3 Å². The number of ether oxygens (including phenoxy) is 1. The van der Waals surface area contributed by atoms with E-state index in [0.717, 1.165) is 60.4 Å². The number of carbonyl (C=O) groups is 1. The highest BCUT2D eigenvalue weighted by Crippen LogP contribution is 2.25. The van der Waals surface area contributed by atoms with Gasteiger partial charge in [-0.25, -0.2) is 4.98 Å². The maximum absolute atomic E-state index is 12.3. The standard InChI is InChI=1S/C23H25N3O2S/c1-17-3-2-4-20(13-17)24-22(27)14-21-16-29-23(25-21)19-7-5-18(6-8-19)15-26-9-11-28-12-10-26/h2-8,13,16H,9-12,14-15H2,1H3,(H,24,27). The van der Waals surface area contributed by atoms with Crippen LogP contribution in [0.3, 0.4) is 0 Å². The van der Waals surface area contributed by atoms with Gasteiger partial charge < -0.3 is 10.1 Å². The number of aromatic nitrogens is 1. The summed E-state index contributed by atoms with van der Waals surface area (Å²) in [4.78, 5) is 19.4. The third kappa shape index (κ3) is 5.50. The number of hydrogen-bond acceptors (Lipinski definition) is 5. The average molecular weight is 408 g/mol. The zero-order valence-electron chi connectivity index (χ0n) is 16.6. The Kier molecular flexibility index (Phi) is 6.34. The van der Waals surface area contributed by atoms with E-state index in [-0.39, 0.29) is 12.3 Å². The normalized spacial score (nSPS) is 14.7. The molecular weight excluding hydrogens is 382 g/mol. The largest absolute Gasteiger partial charge is 0.379 e. The molecule has 1 aliphatic heterocycles. The van der Waals surface area contributed by atoms with Gasteiger partial charge in [0.05, 0.1) is 25.3 Å². The fourth-order valence-corrected chi connectivity index (χ4v) is 4.21. The smallest absolute Gasteiger partial charge is 0.230 e. The summed E-state index contributed by atoms with van der Waals surface area (Å²) in [6, 6.07) is 16.4. The number of aryl methyl sites for hydroxylation is 1. The highest BCUT2D eigenvalue weighted by molar-refractivity contribution is 7.13. The monoisotopic (exact) mass is 407 g/mol. The van der Waals surface area contributed by atoms with Crippen molar-refractivity contribution in [3.63, 3.8) is 0 Å². The van der Waals surface area contributed by atoms with Gasteiger partial charge in [0.25, 0.3) is 0 Å². The van der Waals surface area contributed by atoms with Crippen molar-refractivity contribution in [2.75, 3.05) is 31.6 Å². The van der Waals surface area contributed by atoms with E-state index >= 15 is 0 Å². The van der Waals surface area contributed by atoms with Gasteiger partial charge in [0.2, 0.25) is 5.91 Å². The van der Waals surface area contributed by atoms with E-state index in [4.69, 9.17) is 4.74 Å². The van der Waals surface area contributed by atoms with Crippen molar-refractivity contribution in [3.05, 3.63) is 70.7 Å². The first kappa shape index (κ1) is 19.8. The van der Waals surface area contributed by atoms with E-state index in [1.807, 2.05) is 36.6 Å². The summed E-state index contributed by atoms with van der Waals surface area (Å²) in [5.74, 6) is -0.0479. The maximum atomic E-state index is 12.3. The number of hydrogen-bond donors (Lipinski definition) is 1. The molecule has 6 heteroatoms. The number of benzene rings is 2. The molecule has 0 spiro atoms. The SMILES string of the molecule is Cc1cccc(NC(=O)Cc2csc(-c3ccc(CN4CCOCC4)cc3)n2)c1. The maximum Gasteiger partial charge on any atom is 0.230 e. The molecule has 4 rings (SSSR count). The molecule has 0 unspecified atom stereocenters. The summed E-state index contributed by atoms with van der Waals surface area (Å²) in [6.45, 7) is 6.57. The fraction of sp³-hybridized carbons (Fsp3) is 0.304. The van der Waals surface area contributed by atoms with Gasteiger partial charge in [-0.2, -0.15) is 0 Å². The van der Waals surface area contributed by atoms with Crippen molar-refractivity contribution in [2.24, 2.45) is 0 Å². The molecular formula is C23H25N3O2S. The van der Waals surface area contributed by atoms with Crippen molar-refractivity contribution in [2.45, 2.75) is 19.9 Å². The minimum absolute atomic E-state index is 0.0479. The Morgan fingerprint density at radius 2 is 1.97 bits per heavy atom. The van der Waals surface area contributed by atoms with Gasteiger partial charge in [-0.05, 0) is 30.2 Å². The summed E-state index contributed by atoms with van der Waals surface area (Å²) >= 11 is 1.58. The lowest BCUT2D eigenvalue weighted by Crippen LogP contribution is -2.35. The fourth-order valence-electron chi connectivity index (χ4n) is 3.38. The Morgan fingerprint density at radius 1 is 1.17 bits per heavy atom. The summed E-state index contributed by atoms with van der Waals surface area (Å²) in [5, 5.41) is 5.85. The van der Waals surface area contributed by atoms with Gasteiger partial charge in [-0.3, -0.25) is 9.69 Å². The first-order valence-corrected chi connectivity index (χ1v) is 10.7. The van der Waals surface area contributed by atoms with E-state index in [2.05, 4.69) is 39.5 Å². The van der Waals surface area contributed by atoms with E-state index in [9.17, 15) is 4.79 Å². The molecule has 2 aromatic carbocycles. The third-order valence-corrected chi connectivity index (χ3v) is 5.85. The van der Waals surface area contributed by atoms with Crippen LogP contribution < -0.4 is 5.32 Å². The van der Waals surface area contributed by atoms with Crippen LogP contribution >= 0.6 is 11.3 Å². The molecule has 150 valence electrons. The predicted octanol–water partition coefficient (Wildman–Crippen LogP) is 4.13. The summed E-state index contributed by atoms with van der Waals surface area (Å²) in [5.41, 5.74) is 5.13. The lowest BCUT2D eigenvalue weighted by atomic mass is 10.1. The van der Waals surface area contributed by atoms with Crippen molar-refractivity contribution >= 4 is 22.9 Å². The van der Waals surface area contributed by atoms with Crippen LogP contribution in [0.2, 0.25) is 0 Å². The van der Waals surface area contributed by atoms with Gasteiger partial charge in [-0.1, -0.05) is 36.4 Å². The van der Waals surface area contributed by atoms with Crippen LogP contribution in [0, 0.1) is 6.92 Å². The Morgan fingerprint density at radius 3 is 2.72 bits per heavy atom. The Labute approximate surface area is 175 Å². The van der Waals surface area contributed by atoms with Crippen LogP contribution in [0.25, 0.3) is 10.6 Å². The first-order valence-electron chi connectivity index (χ1n) is 9.86. The summed E-state index contributed by atoms with van der Waals surface area (Å²) in [6.07, 6.45) is 0.277. The molecule has 5 nitrogen and oxygen atoms in total. The van der Waals surface area contributed by atoms with Gasteiger partial charge in [0.15, 0.2) is 0 Å². The second-order valence-corrected chi connectivity index (χ2v) is 8.18. The second-order valence-electron chi connectivity index (χ2n) is 7.32. The number of morpholine rings is 1. The number of nitrogens with one attached hydrogen (secondary N) is 1. The number of rotatable bonds is 6. The van der Waals surface area contributed by atoms with E-state index in [1.54, 1.807) is 11.3 Å². The van der Waals surface area contributed by atoms with E-state index < -0.39 is 0 Å². The van der Waals surface area contributed by atoms with Crippen LogP contribution in [0.4, 0.5) is 5.69 Å². The number of nitrogens with zero attached hydrogens (tertiary/aromatic N) is 2. The zero-order valence-corrected chi connectivity index (χ0v) is 17.4. The Hall–Kier alpha value is -2.54. The van der Waals surface area contributed by atoms with Crippen molar-refractivity contribution in [1.29, 1.82) is 0 Å². The highest BCUT2D eigenvalue weighted by Gasteiger charge is 2.12. The molecule has 1 amide bonds. The number of thiazole rings is 1. The number of anilines is 1. The highest BCUT2D eigenvalue weighted by atomic mass is 32.1. The lowest BCUT2D eigenvalue weighted by molar-refractivity contribution is -0.115. The molecule has 0 bridgehead atoms. The topological polar surface area (TPSA) is 54.5 Å². The molecule has 1 aromatic heterocycles. The van der Waals surface area contributed by atoms with E-state index in [1.165, 1.54) is 5.56 Å². The number of amides is 1. The van der Waals surface area contributed by atoms with Gasteiger partial charge >= 0.3 is 0 Å². The van der Waals surface area contributed by atoms with Gasteiger partial charge in [-0.15, -0.1) is 11.3 Å². The van der Waals surface area contributed by atoms with Crippen LogP contribution in [-0.4, -0.2) is 42.1 Å². The molecule has 3 aromatic rings. The molecule has 1 saturated heterocycles. The minimum Gasteiger partial charge on any atom is -0.379 e. The molecule has 0 aliphatic carbocycles. The van der Waals surface area contributed by atoms with Crippen molar-refractivity contribution in [3.8, 4) is 10.6 Å². The lowest BCUT2D eigenvalue weighted by Gasteiger charge is -2.26. The number of carbonyl (C=O) groups excluding carboxylic acids is 1. The molecule has 2 heterocycles. The van der Waals surface area contributed by atoms with Crippen molar-refractivity contribution in [1.82, 2.24) is 9.88 Å². The molecule has 0 saturated carbocycles. The van der Waals surface area contributed by atoms with Crippen LogP contribution in [0.1, 0.15) is 16.8 Å². The van der Waals surface area contributed by atoms with E-state index in [0.29, 0.717) is 0 Å². The Balaban J connectivity index is 1.35. The molecule has 1 fully saturated rings. The molecule has 0 radical (unpaired) electrons. The molecule has 29 heavy (non-hydrogen) atoms. The molecule has 0 atom stereocenters. The third-order valence-electron chi connectivity index (χ3n) is 4.91. The molecule has 1 aliphatic rings. The zero-order chi connectivity index (χ0) is 20.1. The molecule has 1 N–H and O–H groups in total. The van der Waals surface area contributed by atoms with Crippen LogP contribution in [0.5, 0.6) is 0 Å². The van der Waals surface area contributed by atoms with Gasteiger partial charge in [0.1, 0.15) is 5.01 Å². The first-order chi connectivity index (χ1) is 14.2. The predicted molar refractivity (Wildman–Crippen MR) is 117 cm³/mol. The minimum atomic E-state index is -0.0479. The quantitative estimate of drug-likeness (QED) is 0.668. The van der Waals surface area contributed by atoms with Crippen molar-refractivity contribution < 1.29 is 9.53 Å². The average Bonchev–Trinajstić information content (AvgIpc) is 3.17. The van der Waals surface area contributed by atoms with Crippen LogP contribution in [0.15, 0.2) is 53.9 Å². The summed E-state index contributed by atoms with van der Waals surface area (Å²) < 4.78 is 5.41. The second kappa shape index (κ2) is 9.31.